The summed E-state index contributed by atoms with van der Waals surface area (Å²) < 4.78 is 11.6. The number of ether oxygens (including phenoxy) is 1. The Morgan fingerprint density at radius 1 is 1.38 bits per heavy atom. The van der Waals surface area contributed by atoms with Gasteiger partial charge in [-0.1, -0.05) is 19.9 Å². The molecule has 2 aromatic rings. The van der Waals surface area contributed by atoms with Crippen LogP contribution in [0.2, 0.25) is 0 Å². The Morgan fingerprint density at radius 3 is 2.96 bits per heavy atom. The third-order valence-electron chi connectivity index (χ3n) is 5.24. The van der Waals surface area contributed by atoms with Crippen LogP contribution in [0.1, 0.15) is 48.1 Å². The van der Waals surface area contributed by atoms with Crippen molar-refractivity contribution in [2.75, 3.05) is 13.7 Å². The van der Waals surface area contributed by atoms with Crippen LogP contribution in [0.4, 0.5) is 0 Å². The van der Waals surface area contributed by atoms with Crippen molar-refractivity contribution in [1.29, 1.82) is 0 Å². The Balaban J connectivity index is 1.69. The van der Waals surface area contributed by atoms with Gasteiger partial charge in [-0.15, -0.1) is 0 Å². The molecule has 1 aromatic carbocycles. The topological polar surface area (TPSA) is 45.8 Å². The van der Waals surface area contributed by atoms with Gasteiger partial charge < -0.3 is 14.3 Å². The Morgan fingerprint density at radius 2 is 2.21 bits per heavy atom. The summed E-state index contributed by atoms with van der Waals surface area (Å²) in [6.07, 6.45) is 2.90. The molecule has 0 radical (unpaired) electrons. The van der Waals surface area contributed by atoms with Gasteiger partial charge in [-0.2, -0.15) is 0 Å². The Bertz CT molecular complexity index is 762. The highest BCUT2D eigenvalue weighted by Crippen LogP contribution is 2.44. The largest absolute Gasteiger partial charge is 0.504 e. The highest BCUT2D eigenvalue weighted by atomic mass is 16.5. The molecule has 0 amide bonds. The number of phenols is 1. The first kappa shape index (κ1) is 15.6. The van der Waals surface area contributed by atoms with E-state index in [1.54, 1.807) is 13.2 Å². The van der Waals surface area contributed by atoms with Gasteiger partial charge in [-0.25, -0.2) is 0 Å². The van der Waals surface area contributed by atoms with Crippen molar-refractivity contribution in [2.24, 2.45) is 5.92 Å². The Hall–Kier alpha value is -1.94. The van der Waals surface area contributed by atoms with Crippen molar-refractivity contribution in [3.05, 3.63) is 46.4 Å². The van der Waals surface area contributed by atoms with E-state index < -0.39 is 0 Å². The molecule has 1 atom stereocenters. The van der Waals surface area contributed by atoms with Crippen molar-refractivity contribution in [3.63, 3.8) is 0 Å². The predicted molar refractivity (Wildman–Crippen MR) is 92.5 cm³/mol. The highest BCUT2D eigenvalue weighted by molar-refractivity contribution is 5.52. The van der Waals surface area contributed by atoms with Crippen LogP contribution in [-0.4, -0.2) is 23.7 Å². The zero-order chi connectivity index (χ0) is 16.8. The highest BCUT2D eigenvalue weighted by Gasteiger charge is 2.35. The summed E-state index contributed by atoms with van der Waals surface area (Å²) in [5, 5.41) is 10.0. The molecule has 0 bridgehead atoms. The fourth-order valence-corrected chi connectivity index (χ4v) is 4.17. The minimum atomic E-state index is 0.231. The molecule has 0 saturated heterocycles. The van der Waals surface area contributed by atoms with E-state index in [-0.39, 0.29) is 5.75 Å². The normalized spacial score (nSPS) is 19.8. The molecule has 4 nitrogen and oxygen atoms in total. The maximum atomic E-state index is 10.0. The average molecular weight is 327 g/mol. The SMILES string of the molecule is COc1c(O)ccc2c1CN1CCc3oc(CC(C)C)cc3[C@@H]1C2. The van der Waals surface area contributed by atoms with E-state index in [0.717, 1.165) is 43.7 Å². The van der Waals surface area contributed by atoms with Crippen LogP contribution < -0.4 is 4.74 Å². The van der Waals surface area contributed by atoms with E-state index in [2.05, 4.69) is 24.8 Å². The molecule has 2 aliphatic rings. The molecule has 0 fully saturated rings. The van der Waals surface area contributed by atoms with Crippen LogP contribution in [0.5, 0.6) is 11.5 Å². The molecular weight excluding hydrogens is 302 g/mol. The number of benzene rings is 1. The molecule has 4 rings (SSSR count). The van der Waals surface area contributed by atoms with Crippen molar-refractivity contribution in [1.82, 2.24) is 4.90 Å². The lowest BCUT2D eigenvalue weighted by atomic mass is 9.86. The molecule has 4 heteroatoms. The van der Waals surface area contributed by atoms with Gasteiger partial charge in [0.15, 0.2) is 11.5 Å². The smallest absolute Gasteiger partial charge is 0.165 e. The zero-order valence-corrected chi connectivity index (χ0v) is 14.6. The summed E-state index contributed by atoms with van der Waals surface area (Å²) in [5.41, 5.74) is 3.75. The lowest BCUT2D eigenvalue weighted by Gasteiger charge is -2.40. The van der Waals surface area contributed by atoms with Crippen LogP contribution in [0.15, 0.2) is 22.6 Å². The van der Waals surface area contributed by atoms with Gasteiger partial charge in [0.05, 0.1) is 7.11 Å². The standard InChI is InChI=1S/C20H25NO3/c1-12(2)8-14-10-15-17-9-13-4-5-18(22)20(23-3)16(13)11-21(17)7-6-19(15)24-14/h4-5,10,12,17,22H,6-9,11H2,1-3H3/t17-/m0/s1. The van der Waals surface area contributed by atoms with E-state index in [1.165, 1.54) is 16.9 Å². The summed E-state index contributed by atoms with van der Waals surface area (Å²) in [4.78, 5) is 2.49. The van der Waals surface area contributed by atoms with Gasteiger partial charge in [0.1, 0.15) is 11.5 Å². The fourth-order valence-electron chi connectivity index (χ4n) is 4.17. The summed E-state index contributed by atoms with van der Waals surface area (Å²) in [7, 11) is 1.63. The molecule has 0 aliphatic carbocycles. The quantitative estimate of drug-likeness (QED) is 0.930. The monoisotopic (exact) mass is 327 g/mol. The second-order valence-electron chi connectivity index (χ2n) is 7.39. The Labute approximate surface area is 143 Å². The maximum Gasteiger partial charge on any atom is 0.165 e. The molecule has 1 aromatic heterocycles. The van der Waals surface area contributed by atoms with E-state index >= 15 is 0 Å². The molecular formula is C20H25NO3. The van der Waals surface area contributed by atoms with Crippen LogP contribution in [0.3, 0.4) is 0 Å². The van der Waals surface area contributed by atoms with Gasteiger partial charge in [-0.3, -0.25) is 4.90 Å². The third-order valence-corrected chi connectivity index (χ3v) is 5.24. The predicted octanol–water partition coefficient (Wildman–Crippen LogP) is 3.85. The summed E-state index contributed by atoms with van der Waals surface area (Å²) in [5.74, 6) is 3.75. The van der Waals surface area contributed by atoms with Gasteiger partial charge in [0.2, 0.25) is 0 Å². The van der Waals surface area contributed by atoms with Gasteiger partial charge in [-0.05, 0) is 30.0 Å². The van der Waals surface area contributed by atoms with Crippen molar-refractivity contribution < 1.29 is 14.3 Å². The summed E-state index contributed by atoms with van der Waals surface area (Å²) in [6.45, 7) is 6.26. The van der Waals surface area contributed by atoms with Gasteiger partial charge >= 0.3 is 0 Å². The molecule has 3 heterocycles. The van der Waals surface area contributed by atoms with E-state index in [1.807, 2.05) is 6.07 Å². The van der Waals surface area contributed by atoms with Crippen molar-refractivity contribution in [2.45, 2.75) is 45.7 Å². The number of rotatable bonds is 3. The maximum absolute atomic E-state index is 10.0. The number of nitrogens with zero attached hydrogens (tertiary/aromatic N) is 1. The molecule has 128 valence electrons. The van der Waals surface area contributed by atoms with Crippen molar-refractivity contribution >= 4 is 0 Å². The number of methoxy groups -OCH3 is 1. The van der Waals surface area contributed by atoms with Crippen LogP contribution in [0, 0.1) is 5.92 Å². The number of fused-ring (bicyclic) bond motifs is 4. The molecule has 24 heavy (non-hydrogen) atoms. The lowest BCUT2D eigenvalue weighted by Crippen LogP contribution is -2.39. The molecule has 1 N–H and O–H groups in total. The summed E-state index contributed by atoms with van der Waals surface area (Å²) >= 11 is 0. The van der Waals surface area contributed by atoms with Crippen LogP contribution in [-0.2, 0) is 25.8 Å². The number of aromatic hydroxyl groups is 1. The minimum Gasteiger partial charge on any atom is -0.504 e. The molecule has 0 saturated carbocycles. The first-order valence-electron chi connectivity index (χ1n) is 8.80. The van der Waals surface area contributed by atoms with Crippen LogP contribution in [0.25, 0.3) is 0 Å². The first-order chi connectivity index (χ1) is 11.6. The minimum absolute atomic E-state index is 0.231. The van der Waals surface area contributed by atoms with Crippen molar-refractivity contribution in [3.8, 4) is 11.5 Å². The second-order valence-corrected chi connectivity index (χ2v) is 7.39. The fraction of sp³-hybridized carbons (Fsp3) is 0.500. The lowest BCUT2D eigenvalue weighted by molar-refractivity contribution is 0.150. The molecule has 2 aliphatic heterocycles. The number of hydrogen-bond donors (Lipinski definition) is 1. The third kappa shape index (κ3) is 2.49. The first-order valence-corrected chi connectivity index (χ1v) is 8.80. The Kier molecular flexibility index (Phi) is 3.80. The number of hydrogen-bond acceptors (Lipinski definition) is 4. The zero-order valence-electron chi connectivity index (χ0n) is 14.6. The number of furan rings is 1. The average Bonchev–Trinajstić information content (AvgIpc) is 2.95. The molecule has 0 spiro atoms. The van der Waals surface area contributed by atoms with Gasteiger partial charge in [0, 0.05) is 43.1 Å². The van der Waals surface area contributed by atoms with Gasteiger partial charge in [0.25, 0.3) is 0 Å². The van der Waals surface area contributed by atoms with E-state index in [0.29, 0.717) is 17.7 Å². The number of phenolic OH excluding ortho intramolecular Hbond substituents is 1. The van der Waals surface area contributed by atoms with E-state index in [4.69, 9.17) is 9.15 Å². The molecule has 0 unspecified atom stereocenters. The van der Waals surface area contributed by atoms with E-state index in [9.17, 15) is 5.11 Å². The van der Waals surface area contributed by atoms with Crippen LogP contribution >= 0.6 is 0 Å². The summed E-state index contributed by atoms with van der Waals surface area (Å²) in [6, 6.07) is 6.43. The second kappa shape index (κ2) is 5.85.